The Bertz CT molecular complexity index is 1190. The van der Waals surface area contributed by atoms with Gasteiger partial charge in [0.1, 0.15) is 42.4 Å². The van der Waals surface area contributed by atoms with Gasteiger partial charge in [-0.15, -0.1) is 0 Å². The van der Waals surface area contributed by atoms with E-state index in [0.717, 1.165) is 0 Å². The van der Waals surface area contributed by atoms with Crippen LogP contribution in [0.2, 0.25) is 0 Å². The van der Waals surface area contributed by atoms with Gasteiger partial charge in [-0.3, -0.25) is 4.79 Å². The second-order valence-corrected chi connectivity index (χ2v) is 10.3. The lowest BCUT2D eigenvalue weighted by atomic mass is 9.88. The standard InChI is InChI=1S/C27H35NO12/c1-12-8-14(6-7-16(12)39-26-27(2,37)23(34)21(32)18(11-30)40-26)13-4-3-5-15(9-13)24(35)28-19-20(31)17(10-29)38-25(36)22(19)33/h3-9,17-23,25-26,29-34,36-37H,10-11H2,1-2H3,(H,28,35)/t17?,18-,19?,20-,21-,22+,23+,25?,26+,27+/m1/s1. The lowest BCUT2D eigenvalue weighted by Gasteiger charge is -2.45. The van der Waals surface area contributed by atoms with Crippen LogP contribution >= 0.6 is 0 Å². The molecule has 2 aliphatic heterocycles. The minimum atomic E-state index is -1.98. The summed E-state index contributed by atoms with van der Waals surface area (Å²) >= 11 is 0. The van der Waals surface area contributed by atoms with Crippen molar-refractivity contribution in [2.24, 2.45) is 0 Å². The maximum absolute atomic E-state index is 13.0. The van der Waals surface area contributed by atoms with Crippen LogP contribution in [0.1, 0.15) is 22.8 Å². The van der Waals surface area contributed by atoms with Crippen molar-refractivity contribution in [2.75, 3.05) is 13.2 Å². The Hall–Kier alpha value is -2.69. The van der Waals surface area contributed by atoms with Crippen molar-refractivity contribution < 1.29 is 59.9 Å². The summed E-state index contributed by atoms with van der Waals surface area (Å²) < 4.78 is 16.3. The molecule has 0 aromatic heterocycles. The Morgan fingerprint density at radius 2 is 1.57 bits per heavy atom. The van der Waals surface area contributed by atoms with Crippen molar-refractivity contribution in [3.05, 3.63) is 53.6 Å². The fourth-order valence-corrected chi connectivity index (χ4v) is 4.79. The molecule has 2 aromatic rings. The fraction of sp³-hybridized carbons (Fsp3) is 0.519. The predicted octanol–water partition coefficient (Wildman–Crippen LogP) is -2.24. The number of benzene rings is 2. The molecule has 2 aliphatic rings. The van der Waals surface area contributed by atoms with Crippen LogP contribution in [-0.4, -0.2) is 121 Å². The first kappa shape index (κ1) is 30.3. The number of hydrogen-bond donors (Lipinski definition) is 9. The van der Waals surface area contributed by atoms with Crippen LogP contribution in [-0.2, 0) is 9.47 Å². The number of carbonyl (C=O) groups is 1. The van der Waals surface area contributed by atoms with Crippen LogP contribution < -0.4 is 10.1 Å². The number of aryl methyl sites for hydroxylation is 1. The minimum absolute atomic E-state index is 0.200. The molecule has 0 saturated carbocycles. The molecular formula is C27H35NO12. The highest BCUT2D eigenvalue weighted by Crippen LogP contribution is 2.34. The van der Waals surface area contributed by atoms with E-state index in [2.05, 4.69) is 5.32 Å². The van der Waals surface area contributed by atoms with E-state index in [-0.39, 0.29) is 5.56 Å². The Morgan fingerprint density at radius 3 is 2.23 bits per heavy atom. The Kier molecular flexibility index (Phi) is 9.11. The van der Waals surface area contributed by atoms with Crippen LogP contribution in [0.25, 0.3) is 11.1 Å². The van der Waals surface area contributed by atoms with Crippen molar-refractivity contribution in [1.29, 1.82) is 0 Å². The third-order valence-corrected chi connectivity index (χ3v) is 7.33. The monoisotopic (exact) mass is 565 g/mol. The molecule has 2 saturated heterocycles. The molecule has 13 heteroatoms. The Labute approximate surface area is 229 Å². The third-order valence-electron chi connectivity index (χ3n) is 7.33. The zero-order valence-corrected chi connectivity index (χ0v) is 21.9. The number of carbonyl (C=O) groups excluding carboxylic acids is 1. The van der Waals surface area contributed by atoms with Gasteiger partial charge >= 0.3 is 0 Å². The highest BCUT2D eigenvalue weighted by Gasteiger charge is 2.53. The van der Waals surface area contributed by atoms with E-state index in [0.29, 0.717) is 22.4 Å². The number of hydrogen-bond acceptors (Lipinski definition) is 12. The zero-order chi connectivity index (χ0) is 29.4. The molecule has 2 heterocycles. The molecule has 0 spiro atoms. The Morgan fingerprint density at radius 1 is 0.925 bits per heavy atom. The molecule has 0 radical (unpaired) electrons. The van der Waals surface area contributed by atoms with E-state index < -0.39 is 80.0 Å². The average Bonchev–Trinajstić information content (AvgIpc) is 2.94. The van der Waals surface area contributed by atoms with Crippen LogP contribution in [0.15, 0.2) is 42.5 Å². The van der Waals surface area contributed by atoms with Crippen LogP contribution in [0.3, 0.4) is 0 Å². The van der Waals surface area contributed by atoms with Crippen LogP contribution in [0, 0.1) is 6.92 Å². The first-order chi connectivity index (χ1) is 18.9. The summed E-state index contributed by atoms with van der Waals surface area (Å²) in [6.07, 6.45) is -11.7. The first-order valence-electron chi connectivity index (χ1n) is 12.7. The summed E-state index contributed by atoms with van der Waals surface area (Å²) in [5.41, 5.74) is 0.178. The SMILES string of the molecule is Cc1cc(-c2cccc(C(=O)NC3[C@H](O)C(O)OC(CO)[C@H]3O)c2)ccc1O[C@H]1O[C@H](CO)[C@@H](O)[C@H](O)[C@]1(C)O. The molecule has 1 amide bonds. The smallest absolute Gasteiger partial charge is 0.251 e. The summed E-state index contributed by atoms with van der Waals surface area (Å²) in [5.74, 6) is -0.328. The molecule has 220 valence electrons. The Balaban J connectivity index is 1.50. The highest BCUT2D eigenvalue weighted by molar-refractivity contribution is 5.95. The number of aliphatic hydroxyl groups is 8. The molecule has 0 aliphatic carbocycles. The van der Waals surface area contributed by atoms with Gasteiger partial charge in [0.2, 0.25) is 6.29 Å². The van der Waals surface area contributed by atoms with Crippen molar-refractivity contribution in [3.8, 4) is 16.9 Å². The van der Waals surface area contributed by atoms with Crippen molar-refractivity contribution in [1.82, 2.24) is 5.32 Å². The van der Waals surface area contributed by atoms with Crippen molar-refractivity contribution in [3.63, 3.8) is 0 Å². The van der Waals surface area contributed by atoms with E-state index in [4.69, 9.17) is 14.2 Å². The van der Waals surface area contributed by atoms with Crippen LogP contribution in [0.5, 0.6) is 5.75 Å². The molecule has 13 nitrogen and oxygen atoms in total. The summed E-state index contributed by atoms with van der Waals surface area (Å²) in [6, 6.07) is 10.3. The molecule has 10 atom stereocenters. The first-order valence-corrected chi connectivity index (χ1v) is 12.7. The molecule has 0 bridgehead atoms. The number of aliphatic hydroxyl groups excluding tert-OH is 7. The maximum Gasteiger partial charge on any atom is 0.251 e. The molecular weight excluding hydrogens is 530 g/mol. The zero-order valence-electron chi connectivity index (χ0n) is 21.9. The molecule has 3 unspecified atom stereocenters. The molecule has 40 heavy (non-hydrogen) atoms. The lowest BCUT2D eigenvalue weighted by molar-refractivity contribution is -0.314. The summed E-state index contributed by atoms with van der Waals surface area (Å²) in [5, 5.41) is 82.8. The predicted molar refractivity (Wildman–Crippen MR) is 137 cm³/mol. The van der Waals surface area contributed by atoms with Gasteiger partial charge in [0.25, 0.3) is 5.91 Å². The van der Waals surface area contributed by atoms with E-state index in [1.165, 1.54) is 13.0 Å². The quantitative estimate of drug-likeness (QED) is 0.174. The van der Waals surface area contributed by atoms with Gasteiger partial charge < -0.3 is 60.4 Å². The number of nitrogens with one attached hydrogen (secondary N) is 1. The third kappa shape index (κ3) is 5.85. The van der Waals surface area contributed by atoms with E-state index in [1.54, 1.807) is 43.3 Å². The van der Waals surface area contributed by atoms with Crippen LogP contribution in [0.4, 0.5) is 0 Å². The largest absolute Gasteiger partial charge is 0.461 e. The lowest BCUT2D eigenvalue weighted by Crippen LogP contribution is -2.66. The molecule has 9 N–H and O–H groups in total. The van der Waals surface area contributed by atoms with Gasteiger partial charge in [-0.2, -0.15) is 0 Å². The highest BCUT2D eigenvalue weighted by atomic mass is 16.7. The summed E-state index contributed by atoms with van der Waals surface area (Å²) in [6.45, 7) is 1.77. The van der Waals surface area contributed by atoms with E-state index in [9.17, 15) is 45.6 Å². The topological polar surface area (TPSA) is 219 Å². The number of rotatable bonds is 7. The molecule has 4 rings (SSSR count). The van der Waals surface area contributed by atoms with Crippen molar-refractivity contribution >= 4 is 5.91 Å². The van der Waals surface area contributed by atoms with Gasteiger partial charge in [0, 0.05) is 5.56 Å². The summed E-state index contributed by atoms with van der Waals surface area (Å²) in [7, 11) is 0. The second kappa shape index (κ2) is 12.0. The number of ether oxygens (including phenoxy) is 3. The van der Waals surface area contributed by atoms with Gasteiger partial charge in [0.05, 0.1) is 19.3 Å². The fourth-order valence-electron chi connectivity index (χ4n) is 4.79. The number of amides is 1. The normalized spacial score (nSPS) is 36.2. The molecule has 2 fully saturated rings. The van der Waals surface area contributed by atoms with Gasteiger partial charge in [0.15, 0.2) is 11.9 Å². The average molecular weight is 566 g/mol. The van der Waals surface area contributed by atoms with Gasteiger partial charge in [-0.05, 0) is 54.8 Å². The second-order valence-electron chi connectivity index (χ2n) is 10.3. The van der Waals surface area contributed by atoms with Gasteiger partial charge in [-0.25, -0.2) is 0 Å². The maximum atomic E-state index is 13.0. The molecule has 2 aromatic carbocycles. The van der Waals surface area contributed by atoms with Crippen molar-refractivity contribution in [2.45, 2.75) is 74.7 Å². The van der Waals surface area contributed by atoms with Gasteiger partial charge in [-0.1, -0.05) is 18.2 Å². The van der Waals surface area contributed by atoms with E-state index >= 15 is 0 Å². The van der Waals surface area contributed by atoms with E-state index in [1.807, 2.05) is 0 Å². The minimum Gasteiger partial charge on any atom is -0.461 e. The summed E-state index contributed by atoms with van der Waals surface area (Å²) in [4.78, 5) is 13.0.